The molecular formula is C14H18N4O. The van der Waals surface area contributed by atoms with Gasteiger partial charge in [-0.1, -0.05) is 0 Å². The molecule has 0 aromatic carbocycles. The van der Waals surface area contributed by atoms with Gasteiger partial charge in [-0.05, 0) is 18.4 Å². The summed E-state index contributed by atoms with van der Waals surface area (Å²) >= 11 is 0. The third kappa shape index (κ3) is 2.41. The van der Waals surface area contributed by atoms with Crippen LogP contribution >= 0.6 is 0 Å². The third-order valence-corrected chi connectivity index (χ3v) is 3.77. The molecule has 1 aliphatic rings. The van der Waals surface area contributed by atoms with E-state index in [4.69, 9.17) is 0 Å². The normalized spacial score (nSPS) is 18.1. The molecule has 5 heteroatoms. The van der Waals surface area contributed by atoms with Gasteiger partial charge in [0.2, 0.25) is 0 Å². The minimum Gasteiger partial charge on any atom is -0.367 e. The van der Waals surface area contributed by atoms with Crippen molar-refractivity contribution in [1.29, 1.82) is 0 Å². The van der Waals surface area contributed by atoms with E-state index in [0.29, 0.717) is 5.92 Å². The number of hydrogen-bond acceptors (Lipinski definition) is 2. The van der Waals surface area contributed by atoms with Crippen LogP contribution in [0.2, 0.25) is 0 Å². The van der Waals surface area contributed by atoms with Crippen molar-refractivity contribution < 1.29 is 4.79 Å². The molecule has 3 heterocycles. The van der Waals surface area contributed by atoms with Crippen LogP contribution in [-0.2, 0) is 13.0 Å². The smallest absolute Gasteiger partial charge is 0.255 e. The molecule has 1 amide bonds. The quantitative estimate of drug-likeness (QED) is 0.908. The van der Waals surface area contributed by atoms with Crippen molar-refractivity contribution in [3.05, 3.63) is 42.2 Å². The number of rotatable bonds is 3. The van der Waals surface area contributed by atoms with E-state index in [0.717, 1.165) is 37.3 Å². The third-order valence-electron chi connectivity index (χ3n) is 3.77. The van der Waals surface area contributed by atoms with Crippen molar-refractivity contribution in [3.8, 4) is 0 Å². The standard InChI is InChI=1S/C14H18N4O/c1-17(14(19)12-2-4-15-9-12)10-11-3-6-18-7-5-16-13(18)8-11/h2,4-5,7,9,11,15H,3,6,8,10H2,1H3/t11-/m0/s1. The predicted molar refractivity (Wildman–Crippen MR) is 71.8 cm³/mol. The Morgan fingerprint density at radius 3 is 3.32 bits per heavy atom. The molecule has 5 nitrogen and oxygen atoms in total. The molecule has 19 heavy (non-hydrogen) atoms. The topological polar surface area (TPSA) is 53.9 Å². The van der Waals surface area contributed by atoms with Crippen LogP contribution < -0.4 is 0 Å². The van der Waals surface area contributed by atoms with Crippen molar-refractivity contribution in [2.75, 3.05) is 13.6 Å². The van der Waals surface area contributed by atoms with Crippen molar-refractivity contribution in [1.82, 2.24) is 19.4 Å². The molecule has 0 radical (unpaired) electrons. The van der Waals surface area contributed by atoms with Crippen LogP contribution in [0.25, 0.3) is 0 Å². The van der Waals surface area contributed by atoms with E-state index in [1.165, 1.54) is 0 Å². The first kappa shape index (κ1) is 12.0. The largest absolute Gasteiger partial charge is 0.367 e. The Kier molecular flexibility index (Phi) is 3.11. The molecule has 1 atom stereocenters. The first-order chi connectivity index (χ1) is 9.24. The number of nitrogens with zero attached hydrogens (tertiary/aromatic N) is 3. The van der Waals surface area contributed by atoms with Crippen LogP contribution in [0.15, 0.2) is 30.9 Å². The molecule has 0 fully saturated rings. The number of carbonyl (C=O) groups excluding carboxylic acids is 1. The van der Waals surface area contributed by atoms with Crippen molar-refractivity contribution in [2.24, 2.45) is 5.92 Å². The number of nitrogens with one attached hydrogen (secondary N) is 1. The highest BCUT2D eigenvalue weighted by Crippen LogP contribution is 2.20. The number of aromatic amines is 1. The van der Waals surface area contributed by atoms with E-state index < -0.39 is 0 Å². The average Bonchev–Trinajstić information content (AvgIpc) is 3.08. The highest BCUT2D eigenvalue weighted by molar-refractivity contribution is 5.93. The Labute approximate surface area is 112 Å². The first-order valence-electron chi connectivity index (χ1n) is 6.62. The highest BCUT2D eigenvalue weighted by atomic mass is 16.2. The van der Waals surface area contributed by atoms with Crippen LogP contribution in [0.4, 0.5) is 0 Å². The van der Waals surface area contributed by atoms with Crippen LogP contribution in [0.5, 0.6) is 0 Å². The summed E-state index contributed by atoms with van der Waals surface area (Å²) in [6.45, 7) is 1.79. The van der Waals surface area contributed by atoms with E-state index in [1.807, 2.05) is 30.4 Å². The summed E-state index contributed by atoms with van der Waals surface area (Å²) in [7, 11) is 1.87. The van der Waals surface area contributed by atoms with E-state index in [-0.39, 0.29) is 5.91 Å². The zero-order chi connectivity index (χ0) is 13.2. The highest BCUT2D eigenvalue weighted by Gasteiger charge is 2.22. The minimum atomic E-state index is 0.0789. The number of amides is 1. The second-order valence-electron chi connectivity index (χ2n) is 5.18. The molecule has 2 aromatic heterocycles. The second kappa shape index (κ2) is 4.91. The number of hydrogen-bond donors (Lipinski definition) is 1. The number of H-pyrrole nitrogens is 1. The molecule has 1 N–H and O–H groups in total. The summed E-state index contributed by atoms with van der Waals surface area (Å²) in [6, 6.07) is 1.81. The maximum Gasteiger partial charge on any atom is 0.255 e. The fraction of sp³-hybridized carbons (Fsp3) is 0.429. The van der Waals surface area contributed by atoms with Gasteiger partial charge in [0, 0.05) is 51.3 Å². The van der Waals surface area contributed by atoms with Gasteiger partial charge in [0.05, 0.1) is 5.56 Å². The lowest BCUT2D eigenvalue weighted by Gasteiger charge is -2.27. The van der Waals surface area contributed by atoms with Gasteiger partial charge in [-0.25, -0.2) is 4.98 Å². The summed E-state index contributed by atoms with van der Waals surface area (Å²) in [5.74, 6) is 1.72. The summed E-state index contributed by atoms with van der Waals surface area (Å²) in [5.41, 5.74) is 0.722. The van der Waals surface area contributed by atoms with Gasteiger partial charge in [0.1, 0.15) is 5.82 Å². The van der Waals surface area contributed by atoms with Crippen LogP contribution in [-0.4, -0.2) is 38.9 Å². The summed E-state index contributed by atoms with van der Waals surface area (Å²) in [4.78, 5) is 21.3. The molecule has 0 unspecified atom stereocenters. The predicted octanol–water partition coefficient (Wildman–Crippen LogP) is 1.55. The van der Waals surface area contributed by atoms with Gasteiger partial charge in [0.25, 0.3) is 5.91 Å². The molecule has 0 aliphatic carbocycles. The lowest BCUT2D eigenvalue weighted by Crippen LogP contribution is -2.34. The number of aryl methyl sites for hydroxylation is 1. The van der Waals surface area contributed by atoms with Gasteiger partial charge in [-0.15, -0.1) is 0 Å². The molecule has 1 aliphatic heterocycles. The van der Waals surface area contributed by atoms with E-state index in [2.05, 4.69) is 14.5 Å². The molecule has 100 valence electrons. The molecule has 0 saturated heterocycles. The summed E-state index contributed by atoms with van der Waals surface area (Å²) in [6.07, 6.45) is 9.46. The molecule has 0 saturated carbocycles. The maximum absolute atomic E-state index is 12.2. The fourth-order valence-electron chi connectivity index (χ4n) is 2.72. The summed E-state index contributed by atoms with van der Waals surface area (Å²) < 4.78 is 2.20. The van der Waals surface area contributed by atoms with Crippen LogP contribution in [0.3, 0.4) is 0 Å². The lowest BCUT2D eigenvalue weighted by molar-refractivity contribution is 0.0764. The molecule has 0 spiro atoms. The zero-order valence-corrected chi connectivity index (χ0v) is 11.0. The van der Waals surface area contributed by atoms with Crippen LogP contribution in [0, 0.1) is 5.92 Å². The number of fused-ring (bicyclic) bond motifs is 1. The van der Waals surface area contributed by atoms with E-state index in [9.17, 15) is 4.79 Å². The second-order valence-corrected chi connectivity index (χ2v) is 5.18. The monoisotopic (exact) mass is 258 g/mol. The van der Waals surface area contributed by atoms with Gasteiger partial charge in [-0.3, -0.25) is 4.79 Å². The molecular weight excluding hydrogens is 240 g/mol. The first-order valence-corrected chi connectivity index (χ1v) is 6.62. The molecule has 0 bridgehead atoms. The van der Waals surface area contributed by atoms with E-state index in [1.54, 1.807) is 12.4 Å². The Bertz CT molecular complexity index is 558. The van der Waals surface area contributed by atoms with Crippen molar-refractivity contribution in [3.63, 3.8) is 0 Å². The Hall–Kier alpha value is -2.04. The van der Waals surface area contributed by atoms with Crippen molar-refractivity contribution >= 4 is 5.91 Å². The maximum atomic E-state index is 12.2. The van der Waals surface area contributed by atoms with Crippen molar-refractivity contribution in [2.45, 2.75) is 19.4 Å². The Morgan fingerprint density at radius 1 is 1.63 bits per heavy atom. The van der Waals surface area contributed by atoms with Gasteiger partial charge >= 0.3 is 0 Å². The van der Waals surface area contributed by atoms with E-state index >= 15 is 0 Å². The van der Waals surface area contributed by atoms with Crippen LogP contribution in [0.1, 0.15) is 22.6 Å². The van der Waals surface area contributed by atoms with Gasteiger partial charge in [-0.2, -0.15) is 0 Å². The minimum absolute atomic E-state index is 0.0789. The molecule has 3 rings (SSSR count). The van der Waals surface area contributed by atoms with Gasteiger partial charge in [0.15, 0.2) is 0 Å². The number of imidazole rings is 1. The number of carbonyl (C=O) groups is 1. The Balaban J connectivity index is 1.62. The lowest BCUT2D eigenvalue weighted by atomic mass is 9.97. The average molecular weight is 258 g/mol. The summed E-state index contributed by atoms with van der Waals surface area (Å²) in [5, 5.41) is 0. The van der Waals surface area contributed by atoms with Gasteiger partial charge < -0.3 is 14.5 Å². The SMILES string of the molecule is CN(C[C@H]1CCn2ccnc2C1)C(=O)c1cc[nH]c1. The fourth-order valence-corrected chi connectivity index (χ4v) is 2.72. The number of aromatic nitrogens is 3. The molecule has 2 aromatic rings. The Morgan fingerprint density at radius 2 is 2.53 bits per heavy atom. The zero-order valence-electron chi connectivity index (χ0n) is 11.0.